The van der Waals surface area contributed by atoms with Gasteiger partial charge in [0, 0.05) is 13.1 Å². The number of carboxylic acid groups (broad SMARTS) is 1. The van der Waals surface area contributed by atoms with Crippen molar-refractivity contribution in [3.63, 3.8) is 0 Å². The molecule has 19 heavy (non-hydrogen) atoms. The lowest BCUT2D eigenvalue weighted by atomic mass is 10.2. The van der Waals surface area contributed by atoms with Crippen LogP contribution in [-0.2, 0) is 14.4 Å². The van der Waals surface area contributed by atoms with E-state index in [2.05, 4.69) is 5.32 Å². The predicted octanol–water partition coefficient (Wildman–Crippen LogP) is 0.320. The second kappa shape index (κ2) is 8.04. The van der Waals surface area contributed by atoms with Crippen molar-refractivity contribution >= 4 is 30.0 Å². The molecular weight excluding hydrogens is 268 g/mol. The number of hydrogen-bond acceptors (Lipinski definition) is 4. The van der Waals surface area contributed by atoms with E-state index < -0.39 is 12.0 Å². The van der Waals surface area contributed by atoms with Crippen LogP contribution in [0, 0.1) is 0 Å². The van der Waals surface area contributed by atoms with Gasteiger partial charge < -0.3 is 15.3 Å². The van der Waals surface area contributed by atoms with Crippen LogP contribution in [-0.4, -0.2) is 58.4 Å². The maximum absolute atomic E-state index is 12.0. The van der Waals surface area contributed by atoms with Gasteiger partial charge in [-0.3, -0.25) is 9.59 Å². The largest absolute Gasteiger partial charge is 0.480 e. The second-order valence-corrected chi connectivity index (χ2v) is 5.96. The summed E-state index contributed by atoms with van der Waals surface area (Å²) >= 11 is 1.43. The van der Waals surface area contributed by atoms with E-state index in [1.807, 2.05) is 11.8 Å². The van der Waals surface area contributed by atoms with Crippen LogP contribution in [0.25, 0.3) is 0 Å². The molecule has 0 spiro atoms. The number of nitrogens with zero attached hydrogens (tertiary/aromatic N) is 1. The highest BCUT2D eigenvalue weighted by Crippen LogP contribution is 2.18. The highest BCUT2D eigenvalue weighted by Gasteiger charge is 2.24. The van der Waals surface area contributed by atoms with Crippen molar-refractivity contribution in [1.82, 2.24) is 10.2 Å². The third-order valence-corrected chi connectivity index (χ3v) is 4.28. The van der Waals surface area contributed by atoms with E-state index in [4.69, 9.17) is 5.11 Å². The number of amides is 2. The van der Waals surface area contributed by atoms with Gasteiger partial charge in [0.15, 0.2) is 0 Å². The van der Waals surface area contributed by atoms with Crippen molar-refractivity contribution in [3.8, 4) is 0 Å². The number of thioether (sulfide) groups is 1. The summed E-state index contributed by atoms with van der Waals surface area (Å²) in [7, 11) is 0. The molecule has 0 saturated carbocycles. The Kier molecular flexibility index (Phi) is 6.69. The SMILES string of the molecule is CC(SCCC(NC=O)C(=O)O)C(=O)N1CCCC1. The molecule has 6 nitrogen and oxygen atoms in total. The Hall–Kier alpha value is -1.24. The first-order valence-electron chi connectivity index (χ1n) is 6.39. The number of aliphatic carboxylic acids is 1. The average molecular weight is 288 g/mol. The molecule has 1 heterocycles. The van der Waals surface area contributed by atoms with Gasteiger partial charge in [0.1, 0.15) is 6.04 Å². The highest BCUT2D eigenvalue weighted by atomic mass is 32.2. The zero-order valence-electron chi connectivity index (χ0n) is 11.0. The summed E-state index contributed by atoms with van der Waals surface area (Å²) in [6, 6.07) is -0.876. The van der Waals surface area contributed by atoms with Crippen LogP contribution in [0.3, 0.4) is 0 Å². The lowest BCUT2D eigenvalue weighted by Gasteiger charge is -2.20. The number of carbonyl (C=O) groups excluding carboxylic acids is 2. The van der Waals surface area contributed by atoms with Gasteiger partial charge in [0.2, 0.25) is 12.3 Å². The first kappa shape index (κ1) is 15.8. The van der Waals surface area contributed by atoms with Gasteiger partial charge in [-0.15, -0.1) is 11.8 Å². The summed E-state index contributed by atoms with van der Waals surface area (Å²) in [6.45, 7) is 3.50. The molecule has 0 aromatic rings. The quantitative estimate of drug-likeness (QED) is 0.628. The Morgan fingerprint density at radius 3 is 2.58 bits per heavy atom. The van der Waals surface area contributed by atoms with Crippen molar-refractivity contribution in [2.45, 2.75) is 37.5 Å². The minimum absolute atomic E-state index is 0.123. The van der Waals surface area contributed by atoms with Crippen LogP contribution in [0.4, 0.5) is 0 Å². The van der Waals surface area contributed by atoms with Gasteiger partial charge in [-0.1, -0.05) is 0 Å². The molecule has 1 rings (SSSR count). The lowest BCUT2D eigenvalue weighted by molar-refractivity contribution is -0.140. The third kappa shape index (κ3) is 5.10. The predicted molar refractivity (Wildman–Crippen MR) is 73.0 cm³/mol. The number of carboxylic acids is 1. The summed E-state index contributed by atoms with van der Waals surface area (Å²) in [6.07, 6.45) is 2.83. The molecule has 108 valence electrons. The molecule has 2 amide bonds. The summed E-state index contributed by atoms with van der Waals surface area (Å²) in [4.78, 5) is 34.9. The normalized spacial score (nSPS) is 17.8. The van der Waals surface area contributed by atoms with Crippen molar-refractivity contribution in [2.75, 3.05) is 18.8 Å². The number of hydrogen-bond donors (Lipinski definition) is 2. The summed E-state index contributed by atoms with van der Waals surface area (Å²) in [5.41, 5.74) is 0. The van der Waals surface area contributed by atoms with E-state index in [1.54, 1.807) is 0 Å². The van der Waals surface area contributed by atoms with E-state index in [1.165, 1.54) is 11.8 Å². The number of carbonyl (C=O) groups is 3. The van der Waals surface area contributed by atoms with E-state index in [-0.39, 0.29) is 11.2 Å². The van der Waals surface area contributed by atoms with Crippen LogP contribution in [0.15, 0.2) is 0 Å². The van der Waals surface area contributed by atoms with Gasteiger partial charge >= 0.3 is 5.97 Å². The molecule has 0 aromatic carbocycles. The van der Waals surface area contributed by atoms with Crippen LogP contribution in [0.1, 0.15) is 26.2 Å². The topological polar surface area (TPSA) is 86.7 Å². The Bertz CT molecular complexity index is 332. The molecule has 0 aromatic heterocycles. The fourth-order valence-electron chi connectivity index (χ4n) is 1.99. The molecule has 2 atom stereocenters. The minimum Gasteiger partial charge on any atom is -0.480 e. The summed E-state index contributed by atoms with van der Waals surface area (Å²) in [5, 5.41) is 10.9. The van der Waals surface area contributed by atoms with Crippen LogP contribution >= 0.6 is 11.8 Å². The van der Waals surface area contributed by atoms with Gasteiger partial charge in [-0.05, 0) is 31.9 Å². The number of nitrogens with one attached hydrogen (secondary N) is 1. The standard InChI is InChI=1S/C12H20N2O4S/c1-9(11(16)14-5-2-3-6-14)19-7-4-10(12(17)18)13-8-15/h8-10H,2-7H2,1H3,(H,13,15)(H,17,18). The van der Waals surface area contributed by atoms with E-state index in [0.717, 1.165) is 25.9 Å². The Morgan fingerprint density at radius 1 is 1.42 bits per heavy atom. The summed E-state index contributed by atoms with van der Waals surface area (Å²) in [5.74, 6) is -0.401. The first-order chi connectivity index (χ1) is 9.06. The molecule has 1 saturated heterocycles. The fourth-order valence-corrected chi connectivity index (χ4v) is 3.01. The van der Waals surface area contributed by atoms with Crippen molar-refractivity contribution in [2.24, 2.45) is 0 Å². The molecule has 7 heteroatoms. The number of rotatable bonds is 8. The molecule has 1 fully saturated rings. The van der Waals surface area contributed by atoms with Gasteiger partial charge in [0.05, 0.1) is 5.25 Å². The average Bonchev–Trinajstić information content (AvgIpc) is 2.90. The molecule has 0 bridgehead atoms. The van der Waals surface area contributed by atoms with E-state index >= 15 is 0 Å². The van der Waals surface area contributed by atoms with Crippen LogP contribution < -0.4 is 5.32 Å². The van der Waals surface area contributed by atoms with E-state index in [0.29, 0.717) is 18.6 Å². The maximum atomic E-state index is 12.0. The smallest absolute Gasteiger partial charge is 0.326 e. The molecule has 1 aliphatic heterocycles. The van der Waals surface area contributed by atoms with Crippen molar-refractivity contribution in [1.29, 1.82) is 0 Å². The van der Waals surface area contributed by atoms with Crippen molar-refractivity contribution < 1.29 is 19.5 Å². The molecule has 1 aliphatic rings. The summed E-state index contributed by atoms with van der Waals surface area (Å²) < 4.78 is 0. The molecule has 2 N–H and O–H groups in total. The van der Waals surface area contributed by atoms with Gasteiger partial charge in [-0.25, -0.2) is 4.79 Å². The zero-order valence-corrected chi connectivity index (χ0v) is 11.8. The molecule has 0 radical (unpaired) electrons. The molecule has 0 aliphatic carbocycles. The third-order valence-electron chi connectivity index (χ3n) is 3.11. The van der Waals surface area contributed by atoms with Crippen LogP contribution in [0.2, 0.25) is 0 Å². The zero-order chi connectivity index (χ0) is 14.3. The minimum atomic E-state index is -1.05. The Balaban J connectivity index is 2.28. The number of likely N-dealkylation sites (tertiary alicyclic amines) is 1. The lowest BCUT2D eigenvalue weighted by Crippen LogP contribution is -2.37. The highest BCUT2D eigenvalue weighted by molar-refractivity contribution is 8.00. The monoisotopic (exact) mass is 288 g/mol. The molecule has 2 unspecified atom stereocenters. The Labute approximate surface area is 116 Å². The molecular formula is C12H20N2O4S. The second-order valence-electron chi connectivity index (χ2n) is 4.51. The van der Waals surface area contributed by atoms with E-state index in [9.17, 15) is 14.4 Å². The first-order valence-corrected chi connectivity index (χ1v) is 7.44. The van der Waals surface area contributed by atoms with Crippen LogP contribution in [0.5, 0.6) is 0 Å². The van der Waals surface area contributed by atoms with Gasteiger partial charge in [-0.2, -0.15) is 0 Å². The fraction of sp³-hybridized carbons (Fsp3) is 0.750. The van der Waals surface area contributed by atoms with Gasteiger partial charge in [0.25, 0.3) is 0 Å². The maximum Gasteiger partial charge on any atom is 0.326 e. The Morgan fingerprint density at radius 2 is 2.05 bits per heavy atom. The van der Waals surface area contributed by atoms with Crippen molar-refractivity contribution in [3.05, 3.63) is 0 Å².